The highest BCUT2D eigenvalue weighted by Gasteiger charge is 2.12. The number of hydrogen-bond donors (Lipinski definition) is 1. The lowest BCUT2D eigenvalue weighted by Crippen LogP contribution is -2.09. The van der Waals surface area contributed by atoms with Gasteiger partial charge in [-0.2, -0.15) is 0 Å². The van der Waals surface area contributed by atoms with E-state index in [1.54, 1.807) is 18.2 Å². The van der Waals surface area contributed by atoms with Gasteiger partial charge < -0.3 is 14.6 Å². The van der Waals surface area contributed by atoms with Crippen molar-refractivity contribution in [2.24, 2.45) is 0 Å². The zero-order chi connectivity index (χ0) is 16.8. The molecule has 2 rings (SSSR count). The van der Waals surface area contributed by atoms with Gasteiger partial charge in [-0.1, -0.05) is 6.92 Å². The van der Waals surface area contributed by atoms with Gasteiger partial charge in [0.25, 0.3) is 0 Å². The number of carboxylic acid groups (broad SMARTS) is 1. The van der Waals surface area contributed by atoms with Crippen molar-refractivity contribution < 1.29 is 24.2 Å². The minimum atomic E-state index is -1.03. The van der Waals surface area contributed by atoms with Crippen LogP contribution in [-0.4, -0.2) is 23.7 Å². The molecule has 0 heterocycles. The lowest BCUT2D eigenvalue weighted by molar-refractivity contribution is 0.0696. The fraction of sp³-hybridized carbons (Fsp3) is 0.176. The Balaban J connectivity index is 2.08. The van der Waals surface area contributed by atoms with Gasteiger partial charge in [0.15, 0.2) is 0 Å². The molecule has 23 heavy (non-hydrogen) atoms. The van der Waals surface area contributed by atoms with E-state index in [-0.39, 0.29) is 11.3 Å². The van der Waals surface area contributed by atoms with E-state index in [9.17, 15) is 9.59 Å². The third kappa shape index (κ3) is 4.56. The number of halogens is 1. The van der Waals surface area contributed by atoms with E-state index in [1.807, 2.05) is 6.92 Å². The predicted molar refractivity (Wildman–Crippen MR) is 88.3 cm³/mol. The van der Waals surface area contributed by atoms with Gasteiger partial charge in [-0.15, -0.1) is 0 Å². The quantitative estimate of drug-likeness (QED) is 0.603. The molecule has 2 aromatic carbocycles. The van der Waals surface area contributed by atoms with E-state index in [0.29, 0.717) is 22.4 Å². The van der Waals surface area contributed by atoms with Crippen molar-refractivity contribution in [1.29, 1.82) is 0 Å². The number of esters is 1. The molecule has 0 bridgehead atoms. The van der Waals surface area contributed by atoms with Crippen molar-refractivity contribution in [2.45, 2.75) is 13.3 Å². The van der Waals surface area contributed by atoms with Crippen LogP contribution in [0, 0.1) is 0 Å². The maximum atomic E-state index is 12.1. The number of carbonyl (C=O) groups is 2. The number of rotatable bonds is 6. The van der Waals surface area contributed by atoms with Crippen molar-refractivity contribution in [3.63, 3.8) is 0 Å². The third-order valence-corrected chi connectivity index (χ3v) is 3.56. The predicted octanol–water partition coefficient (Wildman–Crippen LogP) is 4.16. The Morgan fingerprint density at radius 1 is 1.09 bits per heavy atom. The summed E-state index contributed by atoms with van der Waals surface area (Å²) in [7, 11) is 0. The minimum absolute atomic E-state index is 0.130. The van der Waals surface area contributed by atoms with Crippen molar-refractivity contribution in [3.8, 4) is 11.5 Å². The van der Waals surface area contributed by atoms with Crippen molar-refractivity contribution in [2.75, 3.05) is 6.61 Å². The van der Waals surface area contributed by atoms with Gasteiger partial charge >= 0.3 is 11.9 Å². The third-order valence-electron chi connectivity index (χ3n) is 2.94. The van der Waals surface area contributed by atoms with E-state index >= 15 is 0 Å². The number of carboxylic acids is 1. The van der Waals surface area contributed by atoms with E-state index < -0.39 is 11.9 Å². The van der Waals surface area contributed by atoms with Gasteiger partial charge in [-0.05, 0) is 64.8 Å². The molecule has 0 amide bonds. The summed E-state index contributed by atoms with van der Waals surface area (Å²) >= 11 is 3.36. The number of ether oxygens (including phenoxy) is 2. The molecular formula is C17H15BrO5. The molecule has 1 N–H and O–H groups in total. The second-order valence-corrected chi connectivity index (χ2v) is 5.57. The highest BCUT2D eigenvalue weighted by Crippen LogP contribution is 2.27. The molecule has 0 aliphatic heterocycles. The zero-order valence-electron chi connectivity index (χ0n) is 12.4. The summed E-state index contributed by atoms with van der Waals surface area (Å²) in [6.45, 7) is 2.60. The average Bonchev–Trinajstić information content (AvgIpc) is 2.54. The highest BCUT2D eigenvalue weighted by atomic mass is 79.9. The standard InChI is InChI=1S/C17H15BrO5/c1-2-9-22-15-8-5-12(10-14(15)18)17(21)23-13-6-3-11(4-7-13)16(19)20/h3-8,10H,2,9H2,1H3,(H,19,20). The van der Waals surface area contributed by atoms with Crippen LogP contribution in [0.1, 0.15) is 34.1 Å². The largest absolute Gasteiger partial charge is 0.492 e. The Labute approximate surface area is 142 Å². The first-order valence-corrected chi connectivity index (χ1v) is 7.78. The van der Waals surface area contributed by atoms with Gasteiger partial charge in [-0.25, -0.2) is 9.59 Å². The Morgan fingerprint density at radius 3 is 2.30 bits per heavy atom. The fourth-order valence-corrected chi connectivity index (χ4v) is 2.28. The first-order chi connectivity index (χ1) is 11.0. The van der Waals surface area contributed by atoms with Crippen LogP contribution in [0.15, 0.2) is 46.9 Å². The first-order valence-electron chi connectivity index (χ1n) is 6.99. The average molecular weight is 379 g/mol. The molecule has 0 saturated heterocycles. The second kappa shape index (κ2) is 7.78. The Kier molecular flexibility index (Phi) is 5.76. The van der Waals surface area contributed by atoms with Crippen LogP contribution in [0.2, 0.25) is 0 Å². The molecule has 5 nitrogen and oxygen atoms in total. The van der Waals surface area contributed by atoms with Gasteiger partial charge in [0.05, 0.1) is 22.2 Å². The van der Waals surface area contributed by atoms with E-state index in [2.05, 4.69) is 15.9 Å². The number of aromatic carboxylic acids is 1. The normalized spacial score (nSPS) is 10.2. The molecule has 6 heteroatoms. The molecule has 0 radical (unpaired) electrons. The molecule has 0 atom stereocenters. The molecule has 0 unspecified atom stereocenters. The number of benzene rings is 2. The number of hydrogen-bond acceptors (Lipinski definition) is 4. The summed E-state index contributed by atoms with van der Waals surface area (Å²) in [4.78, 5) is 22.9. The summed E-state index contributed by atoms with van der Waals surface area (Å²) in [6, 6.07) is 10.6. The van der Waals surface area contributed by atoms with E-state index in [4.69, 9.17) is 14.6 Å². The zero-order valence-corrected chi connectivity index (χ0v) is 14.0. The van der Waals surface area contributed by atoms with Gasteiger partial charge in [0.1, 0.15) is 11.5 Å². The summed E-state index contributed by atoms with van der Waals surface area (Å²) in [5.74, 6) is -0.623. The Morgan fingerprint density at radius 2 is 1.74 bits per heavy atom. The lowest BCUT2D eigenvalue weighted by atomic mass is 10.2. The molecule has 0 fully saturated rings. The maximum absolute atomic E-state index is 12.1. The summed E-state index contributed by atoms with van der Waals surface area (Å²) in [6.07, 6.45) is 0.891. The lowest BCUT2D eigenvalue weighted by Gasteiger charge is -2.09. The topological polar surface area (TPSA) is 72.8 Å². The second-order valence-electron chi connectivity index (χ2n) is 4.71. The summed E-state index contributed by atoms with van der Waals surface area (Å²) < 4.78 is 11.4. The van der Waals surface area contributed by atoms with Crippen LogP contribution >= 0.6 is 15.9 Å². The van der Waals surface area contributed by atoms with Crippen molar-refractivity contribution in [3.05, 3.63) is 58.1 Å². The molecule has 0 spiro atoms. The van der Waals surface area contributed by atoms with E-state index in [0.717, 1.165) is 6.42 Å². The molecule has 0 aliphatic rings. The summed E-state index contributed by atoms with van der Waals surface area (Å²) in [5.41, 5.74) is 0.494. The Hall–Kier alpha value is -2.34. The summed E-state index contributed by atoms with van der Waals surface area (Å²) in [5, 5.41) is 8.83. The molecule has 0 saturated carbocycles. The minimum Gasteiger partial charge on any atom is -0.492 e. The van der Waals surface area contributed by atoms with Gasteiger partial charge in [0, 0.05) is 0 Å². The van der Waals surface area contributed by atoms with Gasteiger partial charge in [0.2, 0.25) is 0 Å². The fourth-order valence-electron chi connectivity index (χ4n) is 1.79. The van der Waals surface area contributed by atoms with Crippen LogP contribution in [-0.2, 0) is 0 Å². The van der Waals surface area contributed by atoms with Crippen LogP contribution < -0.4 is 9.47 Å². The van der Waals surface area contributed by atoms with Crippen molar-refractivity contribution >= 4 is 27.9 Å². The SMILES string of the molecule is CCCOc1ccc(C(=O)Oc2ccc(C(=O)O)cc2)cc1Br. The van der Waals surface area contributed by atoms with Crippen molar-refractivity contribution in [1.82, 2.24) is 0 Å². The molecule has 120 valence electrons. The van der Waals surface area contributed by atoms with Crippen LogP contribution in [0.25, 0.3) is 0 Å². The number of carbonyl (C=O) groups excluding carboxylic acids is 1. The highest BCUT2D eigenvalue weighted by molar-refractivity contribution is 9.10. The van der Waals surface area contributed by atoms with Crippen LogP contribution in [0.4, 0.5) is 0 Å². The smallest absolute Gasteiger partial charge is 0.343 e. The van der Waals surface area contributed by atoms with Crippen LogP contribution in [0.3, 0.4) is 0 Å². The molecule has 0 aliphatic carbocycles. The van der Waals surface area contributed by atoms with Crippen LogP contribution in [0.5, 0.6) is 11.5 Å². The molecule has 2 aromatic rings. The first kappa shape index (κ1) is 17.0. The maximum Gasteiger partial charge on any atom is 0.343 e. The Bertz CT molecular complexity index is 709. The van der Waals surface area contributed by atoms with E-state index in [1.165, 1.54) is 24.3 Å². The monoisotopic (exact) mass is 378 g/mol. The molecular weight excluding hydrogens is 364 g/mol. The van der Waals surface area contributed by atoms with Gasteiger partial charge in [-0.3, -0.25) is 0 Å². The molecule has 0 aromatic heterocycles.